The molecule has 4 rings (SSSR count). The number of fused-ring (bicyclic) bond motifs is 1. The van der Waals surface area contributed by atoms with E-state index in [1.165, 1.54) is 24.7 Å². The van der Waals surface area contributed by atoms with Crippen molar-refractivity contribution in [3.05, 3.63) is 59.9 Å². The number of amides is 2. The van der Waals surface area contributed by atoms with Crippen molar-refractivity contribution >= 4 is 29.2 Å². The van der Waals surface area contributed by atoms with Gasteiger partial charge in [0.25, 0.3) is 11.8 Å². The van der Waals surface area contributed by atoms with Gasteiger partial charge in [0, 0.05) is 37.0 Å². The maximum atomic E-state index is 12.9. The second kappa shape index (κ2) is 8.81. The van der Waals surface area contributed by atoms with Gasteiger partial charge in [-0.25, -0.2) is 9.51 Å². The van der Waals surface area contributed by atoms with Gasteiger partial charge < -0.3 is 10.6 Å². The zero-order valence-electron chi connectivity index (χ0n) is 17.6. The summed E-state index contributed by atoms with van der Waals surface area (Å²) in [5.41, 5.74) is 3.71. The van der Waals surface area contributed by atoms with Crippen LogP contribution in [-0.4, -0.2) is 45.2 Å². The van der Waals surface area contributed by atoms with Gasteiger partial charge in [-0.3, -0.25) is 14.6 Å². The van der Waals surface area contributed by atoms with E-state index in [2.05, 4.69) is 31.8 Å². The predicted octanol–water partition coefficient (Wildman–Crippen LogP) is 2.60. The minimum absolute atomic E-state index is 0.0941. The van der Waals surface area contributed by atoms with Gasteiger partial charge in [0.2, 0.25) is 0 Å². The normalized spacial score (nSPS) is 15.2. The van der Waals surface area contributed by atoms with Crippen molar-refractivity contribution in [1.82, 2.24) is 19.9 Å². The standard InChI is InChI=1S/C23H21N7O2/c1-14(2)29-19-8-20(21-5-4-17-7-16(9-24)12-28-30(17)21)25-13-18(19)23(32)27-11-15-3-6-22(31)26-10-15/h3-8,10,12-15H,11H2,1-2H3,(H,25,29)(H,27,32). The van der Waals surface area contributed by atoms with Crippen LogP contribution in [0.2, 0.25) is 0 Å². The quantitative estimate of drug-likeness (QED) is 0.623. The SMILES string of the molecule is CC(C)Nc1cc(-c2ccc3cc(C#N)cnn23)ncc1C(=O)NCC1C=CC(=O)N=C1. The number of nitrogens with one attached hydrogen (secondary N) is 2. The number of aliphatic imine (C=N–C) groups is 1. The molecular weight excluding hydrogens is 406 g/mol. The van der Waals surface area contributed by atoms with Gasteiger partial charge in [-0.05, 0) is 38.1 Å². The molecule has 3 aromatic heterocycles. The topological polar surface area (TPSA) is 125 Å². The molecule has 0 bridgehead atoms. The van der Waals surface area contributed by atoms with E-state index in [1.54, 1.807) is 16.7 Å². The Labute approximate surface area is 184 Å². The Balaban J connectivity index is 1.61. The Hall–Kier alpha value is -4.32. The highest BCUT2D eigenvalue weighted by atomic mass is 16.2. The average Bonchev–Trinajstić information content (AvgIpc) is 3.21. The van der Waals surface area contributed by atoms with Crippen LogP contribution in [0.25, 0.3) is 16.9 Å². The third-order valence-corrected chi connectivity index (χ3v) is 4.86. The van der Waals surface area contributed by atoms with Crippen LogP contribution >= 0.6 is 0 Å². The molecular formula is C23H21N7O2. The third kappa shape index (κ3) is 4.39. The van der Waals surface area contributed by atoms with Crippen LogP contribution in [0.15, 0.2) is 53.8 Å². The lowest BCUT2D eigenvalue weighted by Crippen LogP contribution is -2.31. The molecule has 4 heterocycles. The van der Waals surface area contributed by atoms with E-state index in [0.717, 1.165) is 11.2 Å². The van der Waals surface area contributed by atoms with Crippen LogP contribution in [0, 0.1) is 17.2 Å². The van der Waals surface area contributed by atoms with Crippen molar-refractivity contribution in [2.24, 2.45) is 10.9 Å². The number of hydrogen-bond donors (Lipinski definition) is 2. The molecule has 160 valence electrons. The first-order valence-electron chi connectivity index (χ1n) is 10.1. The average molecular weight is 427 g/mol. The van der Waals surface area contributed by atoms with E-state index >= 15 is 0 Å². The van der Waals surface area contributed by atoms with Crippen LogP contribution in [0.4, 0.5) is 5.69 Å². The van der Waals surface area contributed by atoms with Crippen LogP contribution in [0.3, 0.4) is 0 Å². The van der Waals surface area contributed by atoms with E-state index in [9.17, 15) is 9.59 Å². The number of anilines is 1. The van der Waals surface area contributed by atoms with Gasteiger partial charge in [-0.15, -0.1) is 0 Å². The lowest BCUT2D eigenvalue weighted by atomic mass is 10.1. The molecule has 1 unspecified atom stereocenters. The van der Waals surface area contributed by atoms with Crippen molar-refractivity contribution in [3.8, 4) is 17.5 Å². The highest BCUT2D eigenvalue weighted by Gasteiger charge is 2.18. The predicted molar refractivity (Wildman–Crippen MR) is 120 cm³/mol. The first-order chi connectivity index (χ1) is 15.4. The monoisotopic (exact) mass is 427 g/mol. The van der Waals surface area contributed by atoms with Crippen LogP contribution in [-0.2, 0) is 4.79 Å². The molecule has 9 heteroatoms. The molecule has 0 spiro atoms. The number of carbonyl (C=O) groups is 2. The molecule has 0 aromatic carbocycles. The number of rotatable bonds is 6. The Morgan fingerprint density at radius 3 is 2.84 bits per heavy atom. The fourth-order valence-corrected chi connectivity index (χ4v) is 3.36. The van der Waals surface area contributed by atoms with E-state index in [0.29, 0.717) is 29.1 Å². The second-order valence-corrected chi connectivity index (χ2v) is 7.67. The van der Waals surface area contributed by atoms with E-state index < -0.39 is 0 Å². The number of carbonyl (C=O) groups excluding carboxylic acids is 2. The molecule has 1 aliphatic rings. The minimum atomic E-state index is -0.299. The number of nitrogens with zero attached hydrogens (tertiary/aromatic N) is 5. The summed E-state index contributed by atoms with van der Waals surface area (Å²) >= 11 is 0. The summed E-state index contributed by atoms with van der Waals surface area (Å²) in [6.07, 6.45) is 7.68. The highest BCUT2D eigenvalue weighted by molar-refractivity contribution is 6.00. The molecule has 0 aliphatic carbocycles. The molecule has 0 radical (unpaired) electrons. The summed E-state index contributed by atoms with van der Waals surface area (Å²) < 4.78 is 1.71. The zero-order chi connectivity index (χ0) is 22.7. The Bertz CT molecular complexity index is 1280. The summed E-state index contributed by atoms with van der Waals surface area (Å²) in [6.45, 7) is 4.29. The first kappa shape index (κ1) is 20.9. The summed E-state index contributed by atoms with van der Waals surface area (Å²) in [6, 6.07) is 9.49. The summed E-state index contributed by atoms with van der Waals surface area (Å²) in [5, 5.41) is 19.6. The molecule has 32 heavy (non-hydrogen) atoms. The van der Waals surface area contributed by atoms with E-state index in [-0.39, 0.29) is 23.8 Å². The van der Waals surface area contributed by atoms with Crippen molar-refractivity contribution in [2.45, 2.75) is 19.9 Å². The zero-order valence-corrected chi connectivity index (χ0v) is 17.6. The number of dihydropyridines is 1. The molecule has 2 N–H and O–H groups in total. The summed E-state index contributed by atoms with van der Waals surface area (Å²) in [4.78, 5) is 32.2. The van der Waals surface area contributed by atoms with Crippen molar-refractivity contribution in [1.29, 1.82) is 5.26 Å². The maximum absolute atomic E-state index is 12.9. The molecule has 2 amide bonds. The summed E-state index contributed by atoms with van der Waals surface area (Å²) in [5.74, 6) is -0.711. The summed E-state index contributed by atoms with van der Waals surface area (Å²) in [7, 11) is 0. The molecule has 3 aromatic rings. The van der Waals surface area contributed by atoms with Crippen molar-refractivity contribution in [3.63, 3.8) is 0 Å². The van der Waals surface area contributed by atoms with E-state index in [1.807, 2.05) is 32.0 Å². The fourth-order valence-electron chi connectivity index (χ4n) is 3.36. The maximum Gasteiger partial charge on any atom is 0.269 e. The largest absolute Gasteiger partial charge is 0.382 e. The molecule has 9 nitrogen and oxygen atoms in total. The molecule has 1 atom stereocenters. The first-order valence-corrected chi connectivity index (χ1v) is 10.1. The lowest BCUT2D eigenvalue weighted by Gasteiger charge is -2.17. The van der Waals surface area contributed by atoms with Gasteiger partial charge >= 0.3 is 0 Å². The van der Waals surface area contributed by atoms with Crippen molar-refractivity contribution in [2.75, 3.05) is 11.9 Å². The minimum Gasteiger partial charge on any atom is -0.382 e. The second-order valence-electron chi connectivity index (χ2n) is 7.67. The third-order valence-electron chi connectivity index (χ3n) is 4.86. The number of aromatic nitrogens is 3. The number of nitriles is 1. The van der Waals surface area contributed by atoms with Crippen molar-refractivity contribution < 1.29 is 9.59 Å². The molecule has 0 saturated heterocycles. The number of hydrogen-bond acceptors (Lipinski definition) is 6. The van der Waals surface area contributed by atoms with Gasteiger partial charge in [-0.2, -0.15) is 10.4 Å². The van der Waals surface area contributed by atoms with Gasteiger partial charge in [0.1, 0.15) is 6.07 Å². The van der Waals surface area contributed by atoms with Crippen LogP contribution in [0.1, 0.15) is 29.8 Å². The number of pyridine rings is 1. The van der Waals surface area contributed by atoms with Gasteiger partial charge in [-0.1, -0.05) is 6.08 Å². The molecule has 1 aliphatic heterocycles. The lowest BCUT2D eigenvalue weighted by molar-refractivity contribution is -0.113. The van der Waals surface area contributed by atoms with Crippen LogP contribution in [0.5, 0.6) is 0 Å². The van der Waals surface area contributed by atoms with Crippen LogP contribution < -0.4 is 10.6 Å². The van der Waals surface area contributed by atoms with E-state index in [4.69, 9.17) is 5.26 Å². The Morgan fingerprint density at radius 2 is 2.12 bits per heavy atom. The molecule has 0 fully saturated rings. The highest BCUT2D eigenvalue weighted by Crippen LogP contribution is 2.26. The molecule has 0 saturated carbocycles. The van der Waals surface area contributed by atoms with Gasteiger partial charge in [0.05, 0.1) is 39.9 Å². The fraction of sp³-hybridized carbons (Fsp3) is 0.217. The Kier molecular flexibility index (Phi) is 5.77. The van der Waals surface area contributed by atoms with Gasteiger partial charge in [0.15, 0.2) is 0 Å². The Morgan fingerprint density at radius 1 is 1.28 bits per heavy atom. The smallest absolute Gasteiger partial charge is 0.269 e.